The van der Waals surface area contributed by atoms with Crippen LogP contribution in [-0.2, 0) is 9.53 Å². The van der Waals surface area contributed by atoms with Crippen LogP contribution in [0.15, 0.2) is 18.2 Å². The SMILES string of the molecule is COC(=O)CCOc1ccc(F)cc1C(C)=O. The van der Waals surface area contributed by atoms with Crippen molar-refractivity contribution in [1.29, 1.82) is 0 Å². The predicted molar refractivity (Wildman–Crippen MR) is 58.5 cm³/mol. The molecular formula is C12H13FO4. The highest BCUT2D eigenvalue weighted by molar-refractivity contribution is 5.96. The zero-order valence-electron chi connectivity index (χ0n) is 9.66. The first-order valence-corrected chi connectivity index (χ1v) is 5.04. The number of carbonyl (C=O) groups is 2. The smallest absolute Gasteiger partial charge is 0.308 e. The molecule has 0 radical (unpaired) electrons. The second kappa shape index (κ2) is 5.98. The minimum absolute atomic E-state index is 0.0746. The van der Waals surface area contributed by atoms with E-state index < -0.39 is 11.8 Å². The third-order valence-electron chi connectivity index (χ3n) is 2.11. The summed E-state index contributed by atoms with van der Waals surface area (Å²) in [4.78, 5) is 22.1. The van der Waals surface area contributed by atoms with Gasteiger partial charge in [0, 0.05) is 0 Å². The van der Waals surface area contributed by atoms with E-state index in [4.69, 9.17) is 4.74 Å². The molecule has 0 heterocycles. The molecule has 0 bridgehead atoms. The Hall–Kier alpha value is -1.91. The molecule has 0 saturated heterocycles. The van der Waals surface area contributed by atoms with E-state index in [2.05, 4.69) is 4.74 Å². The lowest BCUT2D eigenvalue weighted by Gasteiger charge is -2.09. The van der Waals surface area contributed by atoms with Gasteiger partial charge in [-0.05, 0) is 25.1 Å². The van der Waals surface area contributed by atoms with Gasteiger partial charge in [0.15, 0.2) is 5.78 Å². The Morgan fingerprint density at radius 1 is 1.35 bits per heavy atom. The summed E-state index contributed by atoms with van der Waals surface area (Å²) in [5.74, 6) is -0.938. The van der Waals surface area contributed by atoms with Crippen molar-refractivity contribution in [1.82, 2.24) is 0 Å². The van der Waals surface area contributed by atoms with E-state index in [1.165, 1.54) is 26.2 Å². The molecule has 0 spiro atoms. The summed E-state index contributed by atoms with van der Waals surface area (Å²) < 4.78 is 22.6. The Bertz CT molecular complexity index is 429. The number of hydrogen-bond donors (Lipinski definition) is 0. The van der Waals surface area contributed by atoms with Crippen LogP contribution < -0.4 is 4.74 Å². The minimum atomic E-state index is -0.504. The van der Waals surface area contributed by atoms with Crippen molar-refractivity contribution < 1.29 is 23.5 Å². The van der Waals surface area contributed by atoms with Gasteiger partial charge in [0.1, 0.15) is 11.6 Å². The monoisotopic (exact) mass is 240 g/mol. The molecule has 0 unspecified atom stereocenters. The zero-order valence-corrected chi connectivity index (χ0v) is 9.66. The molecule has 1 rings (SSSR count). The number of methoxy groups -OCH3 is 1. The highest BCUT2D eigenvalue weighted by atomic mass is 19.1. The second-order valence-corrected chi connectivity index (χ2v) is 3.37. The number of esters is 1. The molecule has 1 aromatic rings. The van der Waals surface area contributed by atoms with Crippen LogP contribution in [0.2, 0.25) is 0 Å². The lowest BCUT2D eigenvalue weighted by molar-refractivity contribution is -0.141. The van der Waals surface area contributed by atoms with Gasteiger partial charge in [0.25, 0.3) is 0 Å². The van der Waals surface area contributed by atoms with Gasteiger partial charge in [0.2, 0.25) is 0 Å². The van der Waals surface area contributed by atoms with Crippen LogP contribution >= 0.6 is 0 Å². The molecule has 0 fully saturated rings. The third kappa shape index (κ3) is 3.86. The van der Waals surface area contributed by atoms with Gasteiger partial charge in [-0.1, -0.05) is 0 Å². The van der Waals surface area contributed by atoms with E-state index in [1.54, 1.807) is 0 Å². The number of carbonyl (C=O) groups excluding carboxylic acids is 2. The van der Waals surface area contributed by atoms with Crippen LogP contribution in [0.1, 0.15) is 23.7 Å². The quantitative estimate of drug-likeness (QED) is 0.583. The minimum Gasteiger partial charge on any atom is -0.492 e. The van der Waals surface area contributed by atoms with Gasteiger partial charge in [-0.3, -0.25) is 9.59 Å². The highest BCUT2D eigenvalue weighted by Gasteiger charge is 2.10. The van der Waals surface area contributed by atoms with Crippen molar-refractivity contribution in [2.24, 2.45) is 0 Å². The average molecular weight is 240 g/mol. The number of hydrogen-bond acceptors (Lipinski definition) is 4. The van der Waals surface area contributed by atoms with E-state index in [9.17, 15) is 14.0 Å². The predicted octanol–water partition coefficient (Wildman–Crippen LogP) is 1.97. The lowest BCUT2D eigenvalue weighted by atomic mass is 10.1. The number of ether oxygens (including phenoxy) is 2. The number of benzene rings is 1. The Morgan fingerprint density at radius 3 is 2.65 bits per heavy atom. The van der Waals surface area contributed by atoms with Crippen molar-refractivity contribution in [3.63, 3.8) is 0 Å². The molecule has 0 aliphatic rings. The fourth-order valence-corrected chi connectivity index (χ4v) is 1.25. The fourth-order valence-electron chi connectivity index (χ4n) is 1.25. The van der Waals surface area contributed by atoms with Crippen LogP contribution in [0.25, 0.3) is 0 Å². The summed E-state index contributed by atoms with van der Waals surface area (Å²) >= 11 is 0. The molecule has 0 aliphatic heterocycles. The van der Waals surface area contributed by atoms with Gasteiger partial charge in [-0.15, -0.1) is 0 Å². The molecular weight excluding hydrogens is 227 g/mol. The lowest BCUT2D eigenvalue weighted by Crippen LogP contribution is -2.09. The van der Waals surface area contributed by atoms with Crippen LogP contribution in [0.3, 0.4) is 0 Å². The summed E-state index contributed by atoms with van der Waals surface area (Å²) in [5, 5.41) is 0. The topological polar surface area (TPSA) is 52.6 Å². The molecule has 0 amide bonds. The van der Waals surface area contributed by atoms with E-state index in [-0.39, 0.29) is 30.1 Å². The van der Waals surface area contributed by atoms with Gasteiger partial charge in [-0.2, -0.15) is 0 Å². The number of rotatable bonds is 5. The molecule has 4 nitrogen and oxygen atoms in total. The number of halogens is 1. The molecule has 92 valence electrons. The van der Waals surface area contributed by atoms with Gasteiger partial charge >= 0.3 is 5.97 Å². The van der Waals surface area contributed by atoms with E-state index in [0.29, 0.717) is 0 Å². The largest absolute Gasteiger partial charge is 0.492 e. The zero-order chi connectivity index (χ0) is 12.8. The summed E-state index contributed by atoms with van der Waals surface area (Å²) in [5.41, 5.74) is 0.162. The van der Waals surface area contributed by atoms with Crippen LogP contribution in [0.4, 0.5) is 4.39 Å². The first-order valence-electron chi connectivity index (χ1n) is 5.04. The van der Waals surface area contributed by atoms with Crippen molar-refractivity contribution in [2.75, 3.05) is 13.7 Å². The molecule has 1 aromatic carbocycles. The van der Waals surface area contributed by atoms with Crippen LogP contribution in [0, 0.1) is 5.82 Å². The maximum Gasteiger partial charge on any atom is 0.308 e. The summed E-state index contributed by atoms with van der Waals surface area (Å²) in [6.07, 6.45) is 0.0746. The standard InChI is InChI=1S/C12H13FO4/c1-8(14)10-7-9(13)3-4-11(10)17-6-5-12(15)16-2/h3-4,7H,5-6H2,1-2H3. The number of ketones is 1. The third-order valence-corrected chi connectivity index (χ3v) is 2.11. The van der Waals surface area contributed by atoms with Gasteiger partial charge in [-0.25, -0.2) is 4.39 Å². The van der Waals surface area contributed by atoms with E-state index >= 15 is 0 Å². The maximum absolute atomic E-state index is 12.9. The van der Waals surface area contributed by atoms with Gasteiger partial charge in [0.05, 0.1) is 25.7 Å². The van der Waals surface area contributed by atoms with Crippen molar-refractivity contribution in [3.05, 3.63) is 29.6 Å². The van der Waals surface area contributed by atoms with E-state index in [1.807, 2.05) is 0 Å². The van der Waals surface area contributed by atoms with Gasteiger partial charge < -0.3 is 9.47 Å². The first-order chi connectivity index (χ1) is 8.04. The Morgan fingerprint density at radius 2 is 2.06 bits per heavy atom. The Balaban J connectivity index is 2.70. The van der Waals surface area contributed by atoms with Crippen LogP contribution in [-0.4, -0.2) is 25.5 Å². The Labute approximate surface area is 98.3 Å². The molecule has 0 aliphatic carbocycles. The average Bonchev–Trinajstić information content (AvgIpc) is 2.30. The summed E-state index contributed by atoms with van der Waals surface area (Å²) in [6.45, 7) is 1.40. The summed E-state index contributed by atoms with van der Waals surface area (Å²) in [6, 6.07) is 3.67. The molecule has 5 heteroatoms. The molecule has 0 aromatic heterocycles. The van der Waals surface area contributed by atoms with E-state index in [0.717, 1.165) is 6.07 Å². The number of Topliss-reactive ketones (excluding diaryl/α,β-unsaturated/α-hetero) is 1. The molecule has 0 N–H and O–H groups in total. The fraction of sp³-hybridized carbons (Fsp3) is 0.333. The van der Waals surface area contributed by atoms with Crippen molar-refractivity contribution in [3.8, 4) is 5.75 Å². The highest BCUT2D eigenvalue weighted by Crippen LogP contribution is 2.20. The first kappa shape index (κ1) is 13.2. The Kier molecular flexibility index (Phi) is 4.63. The molecule has 17 heavy (non-hydrogen) atoms. The normalized spacial score (nSPS) is 9.82. The summed E-state index contributed by atoms with van der Waals surface area (Å²) in [7, 11) is 1.28. The van der Waals surface area contributed by atoms with Crippen molar-refractivity contribution in [2.45, 2.75) is 13.3 Å². The molecule has 0 atom stereocenters. The second-order valence-electron chi connectivity index (χ2n) is 3.37. The molecule has 0 saturated carbocycles. The maximum atomic E-state index is 12.9. The van der Waals surface area contributed by atoms with Crippen molar-refractivity contribution >= 4 is 11.8 Å². The van der Waals surface area contributed by atoms with Crippen LogP contribution in [0.5, 0.6) is 5.75 Å².